The van der Waals surface area contributed by atoms with Gasteiger partial charge in [-0.3, -0.25) is 19.2 Å². The van der Waals surface area contributed by atoms with Crippen LogP contribution >= 0.6 is 0 Å². The number of rotatable bonds is 2. The van der Waals surface area contributed by atoms with Gasteiger partial charge in [0.2, 0.25) is 5.78 Å². The first-order chi connectivity index (χ1) is 16.3. The predicted molar refractivity (Wildman–Crippen MR) is 121 cm³/mol. The predicted octanol–water partition coefficient (Wildman–Crippen LogP) is 0.143. The maximum Gasteiger partial charge on any atom is 0.293 e. The summed E-state index contributed by atoms with van der Waals surface area (Å²) in [7, 11) is 0. The Bertz CT molecular complexity index is 1340. The Hall–Kier alpha value is -4.10. The van der Waals surface area contributed by atoms with Crippen molar-refractivity contribution in [2.24, 2.45) is 35.1 Å². The van der Waals surface area contributed by atoms with Crippen molar-refractivity contribution < 1.29 is 39.6 Å². The first kappa shape index (κ1) is 24.0. The van der Waals surface area contributed by atoms with E-state index in [9.17, 15) is 39.6 Å². The van der Waals surface area contributed by atoms with Crippen molar-refractivity contribution in [1.82, 2.24) is 0 Å². The number of aliphatic hydroxyl groups is 3. The van der Waals surface area contributed by atoms with Crippen LogP contribution in [0, 0.1) is 35.5 Å². The van der Waals surface area contributed by atoms with E-state index in [4.69, 9.17) is 11.5 Å². The van der Waals surface area contributed by atoms with Gasteiger partial charge in [-0.05, 0) is 48.3 Å². The van der Waals surface area contributed by atoms with Crippen LogP contribution in [0.1, 0.15) is 37.0 Å². The fourth-order valence-electron chi connectivity index (χ4n) is 5.73. The van der Waals surface area contributed by atoms with Crippen molar-refractivity contribution in [3.05, 3.63) is 45.7 Å². The Morgan fingerprint density at radius 3 is 2.37 bits per heavy atom. The molecule has 0 radical (unpaired) electrons. The molecule has 10 nitrogen and oxygen atoms in total. The van der Waals surface area contributed by atoms with Crippen LogP contribution in [0.25, 0.3) is 5.76 Å². The van der Waals surface area contributed by atoms with Gasteiger partial charge in [0.15, 0.2) is 11.4 Å². The van der Waals surface area contributed by atoms with Gasteiger partial charge in [-0.15, -0.1) is 0 Å². The molecule has 0 spiro atoms. The van der Waals surface area contributed by atoms with E-state index >= 15 is 0 Å². The quantitative estimate of drug-likeness (QED) is 0.253. The monoisotopic (exact) mass is 480 g/mol. The molecule has 0 unspecified atom stereocenters. The Kier molecular flexibility index (Phi) is 5.49. The molecule has 0 bridgehead atoms. The van der Waals surface area contributed by atoms with Crippen molar-refractivity contribution in [1.29, 1.82) is 0 Å². The molecule has 4 rings (SSSR count). The number of nitrogens with two attached hydrogens (primary N) is 2. The Labute approximate surface area is 199 Å². The van der Waals surface area contributed by atoms with Gasteiger partial charge in [0.1, 0.15) is 22.8 Å². The molecule has 10 heteroatoms. The minimum atomic E-state index is -2.66. The minimum absolute atomic E-state index is 0.00982. The number of amides is 2. The van der Waals surface area contributed by atoms with Gasteiger partial charge in [-0.1, -0.05) is 19.8 Å². The normalized spacial score (nSPS) is 27.6. The molecule has 8 N–H and O–H groups in total. The van der Waals surface area contributed by atoms with Crippen LogP contribution in [0.2, 0.25) is 0 Å². The van der Waals surface area contributed by atoms with Crippen LogP contribution in [-0.4, -0.2) is 49.4 Å². The molecular weight excluding hydrogens is 456 g/mol. The number of fused-ring (bicyclic) bond motifs is 3. The lowest BCUT2D eigenvalue weighted by Crippen LogP contribution is -2.62. The molecule has 2 amide bonds. The first-order valence-corrected chi connectivity index (χ1v) is 11.0. The highest BCUT2D eigenvalue weighted by Crippen LogP contribution is 2.54. The molecule has 1 fully saturated rings. The largest absolute Gasteiger partial charge is 0.508 e. The van der Waals surface area contributed by atoms with Crippen molar-refractivity contribution in [3.63, 3.8) is 0 Å². The lowest BCUT2D eigenvalue weighted by molar-refractivity contribution is -0.155. The Morgan fingerprint density at radius 2 is 1.80 bits per heavy atom. The van der Waals surface area contributed by atoms with E-state index < -0.39 is 69.7 Å². The van der Waals surface area contributed by atoms with Gasteiger partial charge in [0, 0.05) is 23.0 Å². The molecule has 0 aliphatic heterocycles. The van der Waals surface area contributed by atoms with Gasteiger partial charge in [0.25, 0.3) is 11.8 Å². The number of carbonyl (C=O) groups excluding carboxylic acids is 4. The van der Waals surface area contributed by atoms with Gasteiger partial charge >= 0.3 is 0 Å². The van der Waals surface area contributed by atoms with E-state index in [1.807, 2.05) is 0 Å². The summed E-state index contributed by atoms with van der Waals surface area (Å²) in [5.41, 5.74) is 7.22. The zero-order valence-corrected chi connectivity index (χ0v) is 19.0. The number of hydrogen-bond acceptors (Lipinski definition) is 8. The Morgan fingerprint density at radius 1 is 1.14 bits per heavy atom. The third-order valence-electron chi connectivity index (χ3n) is 7.17. The fraction of sp³-hybridized carbons (Fsp3) is 0.360. The summed E-state index contributed by atoms with van der Waals surface area (Å²) >= 11 is 0. The number of phenols is 1. The van der Waals surface area contributed by atoms with Crippen LogP contribution in [0.5, 0.6) is 5.75 Å². The lowest BCUT2D eigenvalue weighted by Gasteiger charge is -2.50. The number of carbonyl (C=O) groups is 4. The van der Waals surface area contributed by atoms with E-state index in [2.05, 4.69) is 11.8 Å². The molecule has 35 heavy (non-hydrogen) atoms. The van der Waals surface area contributed by atoms with E-state index in [0.717, 1.165) is 0 Å². The molecule has 0 saturated heterocycles. The Balaban J connectivity index is 1.98. The second-order valence-corrected chi connectivity index (χ2v) is 9.42. The number of aliphatic hydroxyl groups excluding tert-OH is 2. The van der Waals surface area contributed by atoms with Crippen LogP contribution in [-0.2, 0) is 25.6 Å². The van der Waals surface area contributed by atoms with Crippen LogP contribution in [0.4, 0.5) is 0 Å². The number of aromatic hydroxyl groups is 1. The van der Waals surface area contributed by atoms with Crippen LogP contribution in [0.15, 0.2) is 29.0 Å². The fourth-order valence-corrected chi connectivity index (χ4v) is 5.73. The number of ketones is 2. The standard InChI is InChI=1S/C25H24N2O8/c1-9(2)16-13-8-11-7-12-10(4-6-15(26)29)3-5-14(28)18(12)21(31)17(11)22(32)25(13,35)23(33)19(20(16)30)24(27)34/h3,5,9,11,13,16,28,31,33,35H,7-8H2,1-2H3,(H2,26,29)(H2,27,34)/t11-,13-,16-,25-/m0/s1. The molecule has 0 heterocycles. The molecule has 1 aromatic carbocycles. The van der Waals surface area contributed by atoms with Crippen LogP contribution < -0.4 is 11.5 Å². The highest BCUT2D eigenvalue weighted by atomic mass is 16.3. The van der Waals surface area contributed by atoms with Gasteiger partial charge < -0.3 is 31.9 Å². The summed E-state index contributed by atoms with van der Waals surface area (Å²) in [6.07, 6.45) is 0.0699. The second-order valence-electron chi connectivity index (χ2n) is 9.42. The second kappa shape index (κ2) is 7.99. The van der Waals surface area contributed by atoms with E-state index in [1.165, 1.54) is 12.1 Å². The average molecular weight is 480 g/mol. The van der Waals surface area contributed by atoms with Crippen molar-refractivity contribution in [3.8, 4) is 17.6 Å². The molecule has 3 aliphatic carbocycles. The summed E-state index contributed by atoms with van der Waals surface area (Å²) in [6, 6.07) is 2.67. The molecular formula is C25H24N2O8. The third-order valence-corrected chi connectivity index (χ3v) is 7.17. The molecule has 4 atom stereocenters. The maximum atomic E-state index is 13.7. The van der Waals surface area contributed by atoms with Gasteiger partial charge in [-0.2, -0.15) is 0 Å². The van der Waals surface area contributed by atoms with Crippen molar-refractivity contribution in [2.45, 2.75) is 32.3 Å². The zero-order chi connectivity index (χ0) is 26.0. The van der Waals surface area contributed by atoms with E-state index in [-0.39, 0.29) is 29.7 Å². The molecule has 0 aromatic heterocycles. The highest BCUT2D eigenvalue weighted by Gasteiger charge is 2.64. The molecule has 1 saturated carbocycles. The molecule has 182 valence electrons. The smallest absolute Gasteiger partial charge is 0.293 e. The van der Waals surface area contributed by atoms with Gasteiger partial charge in [-0.25, -0.2) is 0 Å². The number of phenolic OH excluding ortho intramolecular Hbond substituents is 1. The third kappa shape index (κ3) is 3.31. The average Bonchev–Trinajstić information content (AvgIpc) is 2.75. The summed E-state index contributed by atoms with van der Waals surface area (Å²) in [6.45, 7) is 3.37. The lowest BCUT2D eigenvalue weighted by atomic mass is 9.54. The topological polar surface area (TPSA) is 201 Å². The molecule has 3 aliphatic rings. The SMILES string of the molecule is CC(C)[C@@H]1C(=O)C(C(N)=O)=C(O)[C@@]2(O)C(=O)C3=C(O)c4c(O)ccc(C#CC(N)=O)c4C[C@H]3C[C@@H]12. The highest BCUT2D eigenvalue weighted by molar-refractivity contribution is 6.23. The number of hydrogen-bond donors (Lipinski definition) is 6. The summed E-state index contributed by atoms with van der Waals surface area (Å²) in [4.78, 5) is 49.9. The maximum absolute atomic E-state index is 13.7. The number of Topliss-reactive ketones (excluding diaryl/α,β-unsaturated/α-hetero) is 2. The number of benzene rings is 1. The zero-order valence-electron chi connectivity index (χ0n) is 19.0. The van der Waals surface area contributed by atoms with Crippen molar-refractivity contribution >= 4 is 29.1 Å². The molecule has 1 aromatic rings. The summed E-state index contributed by atoms with van der Waals surface area (Å²) in [5.74, 6) is -4.57. The van der Waals surface area contributed by atoms with Crippen LogP contribution in [0.3, 0.4) is 0 Å². The number of primary amides is 2. The van der Waals surface area contributed by atoms with E-state index in [0.29, 0.717) is 11.1 Å². The van der Waals surface area contributed by atoms with E-state index in [1.54, 1.807) is 13.8 Å². The minimum Gasteiger partial charge on any atom is -0.508 e. The summed E-state index contributed by atoms with van der Waals surface area (Å²) in [5, 5.41) is 43.9. The van der Waals surface area contributed by atoms with Gasteiger partial charge in [0.05, 0.1) is 5.56 Å². The summed E-state index contributed by atoms with van der Waals surface area (Å²) < 4.78 is 0. The first-order valence-electron chi connectivity index (χ1n) is 11.0. The van der Waals surface area contributed by atoms with Crippen molar-refractivity contribution in [2.75, 3.05) is 0 Å².